The lowest BCUT2D eigenvalue weighted by Gasteiger charge is -2.26. The van der Waals surface area contributed by atoms with Gasteiger partial charge in [0.05, 0.1) is 11.1 Å². The molecule has 0 bridgehead atoms. The van der Waals surface area contributed by atoms with E-state index in [1.807, 2.05) is 12.1 Å². The number of hydrogen-bond acceptors (Lipinski definition) is 3. The predicted molar refractivity (Wildman–Crippen MR) is 222 cm³/mol. The molecule has 0 aliphatic carbocycles. The summed E-state index contributed by atoms with van der Waals surface area (Å²) in [5.74, 6) is 0. The van der Waals surface area contributed by atoms with Crippen LogP contribution in [0.25, 0.3) is 87.7 Å². The molecule has 11 aromatic rings. The summed E-state index contributed by atoms with van der Waals surface area (Å²) >= 11 is 0. The van der Waals surface area contributed by atoms with Crippen molar-refractivity contribution in [3.8, 4) is 22.3 Å². The fourth-order valence-corrected chi connectivity index (χ4v) is 8.13. The van der Waals surface area contributed by atoms with Gasteiger partial charge in [0.25, 0.3) is 0 Å². The van der Waals surface area contributed by atoms with Crippen LogP contribution in [0.2, 0.25) is 0 Å². The largest absolute Gasteiger partial charge is 0.456 e. The van der Waals surface area contributed by atoms with Crippen molar-refractivity contribution < 1.29 is 8.83 Å². The van der Waals surface area contributed by atoms with Gasteiger partial charge >= 0.3 is 0 Å². The molecule has 3 heteroatoms. The minimum absolute atomic E-state index is 0.865. The van der Waals surface area contributed by atoms with Gasteiger partial charge in [-0.1, -0.05) is 127 Å². The highest BCUT2D eigenvalue weighted by atomic mass is 16.3. The lowest BCUT2D eigenvalue weighted by atomic mass is 9.97. The number of furan rings is 2. The molecular formula is C50H31NO2. The van der Waals surface area contributed by atoms with Crippen molar-refractivity contribution in [2.75, 3.05) is 4.90 Å². The van der Waals surface area contributed by atoms with Gasteiger partial charge in [0.15, 0.2) is 0 Å². The van der Waals surface area contributed by atoms with Crippen LogP contribution in [-0.4, -0.2) is 0 Å². The van der Waals surface area contributed by atoms with E-state index in [0.29, 0.717) is 0 Å². The molecule has 11 rings (SSSR count). The average molecular weight is 678 g/mol. The van der Waals surface area contributed by atoms with Crippen LogP contribution >= 0.6 is 0 Å². The van der Waals surface area contributed by atoms with Crippen LogP contribution in [0.4, 0.5) is 17.1 Å². The van der Waals surface area contributed by atoms with Crippen LogP contribution in [-0.2, 0) is 0 Å². The number of rotatable bonds is 5. The van der Waals surface area contributed by atoms with Crippen molar-refractivity contribution in [2.24, 2.45) is 0 Å². The SMILES string of the molecule is c1ccc2cc(-c3ccc(N(c4ccc(-c5cccc6oc7c8ccccc8ccc7c56)cc4)c4cccc5oc6ccccc6c45)cc3)ccc2c1. The van der Waals surface area contributed by atoms with Gasteiger partial charge in [-0.15, -0.1) is 0 Å². The summed E-state index contributed by atoms with van der Waals surface area (Å²) in [7, 11) is 0. The summed E-state index contributed by atoms with van der Waals surface area (Å²) in [5.41, 5.74) is 11.4. The summed E-state index contributed by atoms with van der Waals surface area (Å²) in [4.78, 5) is 2.35. The van der Waals surface area contributed by atoms with E-state index in [4.69, 9.17) is 8.83 Å². The molecule has 53 heavy (non-hydrogen) atoms. The second-order valence-corrected chi connectivity index (χ2v) is 13.7. The molecular weight excluding hydrogens is 647 g/mol. The van der Waals surface area contributed by atoms with Crippen molar-refractivity contribution >= 4 is 82.5 Å². The van der Waals surface area contributed by atoms with Gasteiger partial charge in [0, 0.05) is 32.9 Å². The molecule has 0 fully saturated rings. The van der Waals surface area contributed by atoms with E-state index >= 15 is 0 Å². The Morgan fingerprint density at radius 3 is 1.75 bits per heavy atom. The molecule has 0 saturated carbocycles. The molecule has 2 heterocycles. The first-order valence-electron chi connectivity index (χ1n) is 18.0. The fraction of sp³-hybridized carbons (Fsp3) is 0. The Balaban J connectivity index is 1.06. The topological polar surface area (TPSA) is 29.5 Å². The summed E-state index contributed by atoms with van der Waals surface area (Å²) < 4.78 is 12.9. The Hall–Kier alpha value is -7.10. The molecule has 0 atom stereocenters. The summed E-state index contributed by atoms with van der Waals surface area (Å²) in [6.07, 6.45) is 0. The van der Waals surface area contributed by atoms with Crippen molar-refractivity contribution in [3.05, 3.63) is 188 Å². The van der Waals surface area contributed by atoms with Gasteiger partial charge in [-0.2, -0.15) is 0 Å². The Kier molecular flexibility index (Phi) is 6.55. The minimum atomic E-state index is 0.865. The predicted octanol–water partition coefficient (Wildman–Crippen LogP) is 14.6. The first-order chi connectivity index (χ1) is 26.3. The summed E-state index contributed by atoms with van der Waals surface area (Å²) in [5, 5.41) is 9.24. The standard InChI is InChI=1S/C50H31NO2/c1-2-11-36-31-37(20-19-32(36)9-1)33-21-26-38(27-22-33)51(44-15-8-18-47-49(44)42-13-5-6-16-45(42)52-47)39-28-23-35(24-29-39)40-14-7-17-46-48(40)43-30-25-34-10-3-4-12-41(34)50(43)53-46/h1-31H. The second-order valence-electron chi connectivity index (χ2n) is 13.7. The number of para-hydroxylation sites is 1. The van der Waals surface area contributed by atoms with Crippen molar-refractivity contribution in [3.63, 3.8) is 0 Å². The highest BCUT2D eigenvalue weighted by Crippen LogP contribution is 2.45. The fourth-order valence-electron chi connectivity index (χ4n) is 8.13. The highest BCUT2D eigenvalue weighted by molar-refractivity contribution is 6.19. The summed E-state index contributed by atoms with van der Waals surface area (Å²) in [6.45, 7) is 0. The maximum atomic E-state index is 6.52. The lowest BCUT2D eigenvalue weighted by molar-refractivity contribution is 0.669. The Bertz CT molecular complexity index is 3170. The van der Waals surface area contributed by atoms with Crippen LogP contribution in [0.5, 0.6) is 0 Å². The van der Waals surface area contributed by atoms with Crippen LogP contribution < -0.4 is 4.90 Å². The van der Waals surface area contributed by atoms with Crippen molar-refractivity contribution in [2.45, 2.75) is 0 Å². The molecule has 3 nitrogen and oxygen atoms in total. The first kappa shape index (κ1) is 29.6. The van der Waals surface area contributed by atoms with Crippen LogP contribution in [0.3, 0.4) is 0 Å². The molecule has 0 unspecified atom stereocenters. The van der Waals surface area contributed by atoms with Crippen LogP contribution in [0.15, 0.2) is 197 Å². The molecule has 9 aromatic carbocycles. The Labute approximate surface area is 305 Å². The van der Waals surface area contributed by atoms with Gasteiger partial charge in [-0.3, -0.25) is 0 Å². The molecule has 0 aliphatic heterocycles. The zero-order valence-corrected chi connectivity index (χ0v) is 28.7. The second kappa shape index (κ2) is 11.7. The van der Waals surface area contributed by atoms with Gasteiger partial charge in [-0.25, -0.2) is 0 Å². The van der Waals surface area contributed by atoms with Gasteiger partial charge in [0.2, 0.25) is 0 Å². The zero-order chi connectivity index (χ0) is 34.9. The van der Waals surface area contributed by atoms with Gasteiger partial charge in [-0.05, 0) is 99.1 Å². The van der Waals surface area contributed by atoms with Crippen LogP contribution in [0.1, 0.15) is 0 Å². The first-order valence-corrected chi connectivity index (χ1v) is 18.0. The monoisotopic (exact) mass is 677 g/mol. The Morgan fingerprint density at radius 1 is 0.340 bits per heavy atom. The molecule has 0 aliphatic rings. The average Bonchev–Trinajstić information content (AvgIpc) is 3.81. The van der Waals surface area contributed by atoms with E-state index < -0.39 is 0 Å². The molecule has 0 radical (unpaired) electrons. The van der Waals surface area contributed by atoms with Gasteiger partial charge in [0.1, 0.15) is 22.3 Å². The van der Waals surface area contributed by atoms with Gasteiger partial charge < -0.3 is 13.7 Å². The maximum Gasteiger partial charge on any atom is 0.143 e. The minimum Gasteiger partial charge on any atom is -0.456 e. The third kappa shape index (κ3) is 4.75. The lowest BCUT2D eigenvalue weighted by Crippen LogP contribution is -2.10. The molecule has 0 saturated heterocycles. The van der Waals surface area contributed by atoms with Crippen molar-refractivity contribution in [1.29, 1.82) is 0 Å². The highest BCUT2D eigenvalue weighted by Gasteiger charge is 2.20. The molecule has 0 spiro atoms. The number of hydrogen-bond donors (Lipinski definition) is 0. The maximum absolute atomic E-state index is 6.52. The molecule has 0 N–H and O–H groups in total. The zero-order valence-electron chi connectivity index (χ0n) is 28.7. The van der Waals surface area contributed by atoms with E-state index in [9.17, 15) is 0 Å². The number of fused-ring (bicyclic) bond motifs is 9. The van der Waals surface area contributed by atoms with Crippen molar-refractivity contribution in [1.82, 2.24) is 0 Å². The number of nitrogens with zero attached hydrogens (tertiary/aromatic N) is 1. The molecule has 248 valence electrons. The number of anilines is 3. The third-order valence-corrected chi connectivity index (χ3v) is 10.7. The number of benzene rings is 9. The van der Waals surface area contributed by atoms with E-state index in [0.717, 1.165) is 77.5 Å². The van der Waals surface area contributed by atoms with E-state index in [2.05, 4.69) is 181 Å². The van der Waals surface area contributed by atoms with E-state index in [1.54, 1.807) is 0 Å². The van der Waals surface area contributed by atoms with E-state index in [-0.39, 0.29) is 0 Å². The quantitative estimate of drug-likeness (QED) is 0.182. The van der Waals surface area contributed by atoms with Crippen LogP contribution in [0, 0.1) is 0 Å². The van der Waals surface area contributed by atoms with E-state index in [1.165, 1.54) is 27.3 Å². The smallest absolute Gasteiger partial charge is 0.143 e. The Morgan fingerprint density at radius 2 is 0.943 bits per heavy atom. The molecule has 2 aromatic heterocycles. The normalized spacial score (nSPS) is 11.8. The summed E-state index contributed by atoms with van der Waals surface area (Å²) in [6, 6.07) is 66.8. The molecule has 0 amide bonds. The third-order valence-electron chi connectivity index (χ3n) is 10.7.